The Morgan fingerprint density at radius 3 is 2.92 bits per heavy atom. The van der Waals surface area contributed by atoms with Crippen LogP contribution < -0.4 is 5.73 Å². The molecule has 1 fully saturated rings. The van der Waals surface area contributed by atoms with E-state index >= 15 is 0 Å². The molecule has 0 aromatic heterocycles. The second-order valence-corrected chi connectivity index (χ2v) is 4.54. The van der Waals surface area contributed by atoms with Gasteiger partial charge in [-0.25, -0.2) is 0 Å². The van der Waals surface area contributed by atoms with Gasteiger partial charge in [-0.1, -0.05) is 12.1 Å². The summed E-state index contributed by atoms with van der Waals surface area (Å²) in [6, 6.07) is 8.50. The molecule has 0 saturated carbocycles. The molecular formula is C10H12INO. The molecule has 2 N–H and O–H groups in total. The highest BCUT2D eigenvalue weighted by Crippen LogP contribution is 2.28. The lowest BCUT2D eigenvalue weighted by Crippen LogP contribution is -2.23. The summed E-state index contributed by atoms with van der Waals surface area (Å²) in [5.74, 6) is 0. The summed E-state index contributed by atoms with van der Waals surface area (Å²) in [6.07, 6.45) is 1.07. The van der Waals surface area contributed by atoms with Gasteiger partial charge in [0.1, 0.15) is 0 Å². The summed E-state index contributed by atoms with van der Waals surface area (Å²) >= 11 is 2.30. The zero-order chi connectivity index (χ0) is 9.26. The third kappa shape index (κ3) is 2.03. The van der Waals surface area contributed by atoms with E-state index in [1.807, 2.05) is 6.07 Å². The Morgan fingerprint density at radius 2 is 2.31 bits per heavy atom. The van der Waals surface area contributed by atoms with Gasteiger partial charge in [0.15, 0.2) is 0 Å². The van der Waals surface area contributed by atoms with Crippen LogP contribution in [-0.4, -0.2) is 12.6 Å². The molecule has 1 saturated heterocycles. The van der Waals surface area contributed by atoms with Crippen molar-refractivity contribution in [2.24, 2.45) is 5.73 Å². The molecule has 1 aromatic carbocycles. The van der Waals surface area contributed by atoms with Crippen LogP contribution in [0.3, 0.4) is 0 Å². The van der Waals surface area contributed by atoms with Gasteiger partial charge in [0.2, 0.25) is 0 Å². The molecule has 1 aromatic rings. The molecule has 3 heteroatoms. The third-order valence-corrected chi connectivity index (χ3v) is 2.99. The number of benzene rings is 1. The van der Waals surface area contributed by atoms with Crippen LogP contribution in [0.4, 0.5) is 0 Å². The third-order valence-electron chi connectivity index (χ3n) is 2.31. The second-order valence-electron chi connectivity index (χ2n) is 3.30. The van der Waals surface area contributed by atoms with Gasteiger partial charge in [-0.15, -0.1) is 0 Å². The first-order chi connectivity index (χ1) is 6.27. The summed E-state index contributed by atoms with van der Waals surface area (Å²) in [7, 11) is 0. The fraction of sp³-hybridized carbons (Fsp3) is 0.400. The van der Waals surface area contributed by atoms with Gasteiger partial charge < -0.3 is 10.5 Å². The second kappa shape index (κ2) is 3.94. The number of hydrogen-bond donors (Lipinski definition) is 1. The monoisotopic (exact) mass is 289 g/mol. The highest BCUT2D eigenvalue weighted by Gasteiger charge is 2.26. The van der Waals surface area contributed by atoms with Gasteiger partial charge in [-0.2, -0.15) is 0 Å². The molecule has 1 aliphatic heterocycles. The highest BCUT2D eigenvalue weighted by molar-refractivity contribution is 14.1. The maximum atomic E-state index is 5.93. The van der Waals surface area contributed by atoms with Gasteiger partial charge >= 0.3 is 0 Å². The molecule has 1 aliphatic rings. The van der Waals surface area contributed by atoms with Crippen molar-refractivity contribution in [3.05, 3.63) is 33.4 Å². The van der Waals surface area contributed by atoms with Crippen molar-refractivity contribution >= 4 is 22.6 Å². The molecule has 0 aliphatic carbocycles. The predicted molar refractivity (Wildman–Crippen MR) is 60.4 cm³/mol. The maximum Gasteiger partial charge on any atom is 0.0976 e. The Kier molecular flexibility index (Phi) is 2.86. The molecule has 0 bridgehead atoms. The number of rotatable bonds is 1. The number of hydrogen-bond acceptors (Lipinski definition) is 2. The SMILES string of the molecule is NC1CCOC1c1cccc(I)c1. The zero-order valence-electron chi connectivity index (χ0n) is 7.24. The molecule has 2 rings (SSSR count). The Morgan fingerprint density at radius 1 is 1.46 bits per heavy atom. The molecule has 2 unspecified atom stereocenters. The van der Waals surface area contributed by atoms with Crippen LogP contribution in [0.5, 0.6) is 0 Å². The summed E-state index contributed by atoms with van der Waals surface area (Å²) in [4.78, 5) is 0. The fourth-order valence-electron chi connectivity index (χ4n) is 1.63. The van der Waals surface area contributed by atoms with E-state index in [1.165, 1.54) is 9.13 Å². The fourth-order valence-corrected chi connectivity index (χ4v) is 2.20. The van der Waals surface area contributed by atoms with Crippen LogP contribution >= 0.6 is 22.6 Å². The minimum Gasteiger partial charge on any atom is -0.372 e. The molecular weight excluding hydrogens is 277 g/mol. The van der Waals surface area contributed by atoms with Gasteiger partial charge in [0.05, 0.1) is 6.10 Å². The first kappa shape index (κ1) is 9.43. The highest BCUT2D eigenvalue weighted by atomic mass is 127. The average molecular weight is 289 g/mol. The van der Waals surface area contributed by atoms with Gasteiger partial charge in [-0.3, -0.25) is 0 Å². The summed E-state index contributed by atoms with van der Waals surface area (Å²) < 4.78 is 6.81. The minimum absolute atomic E-state index is 0.106. The van der Waals surface area contributed by atoms with Crippen molar-refractivity contribution in [3.8, 4) is 0 Å². The van der Waals surface area contributed by atoms with Crippen molar-refractivity contribution in [2.75, 3.05) is 6.61 Å². The first-order valence-electron chi connectivity index (χ1n) is 4.40. The van der Waals surface area contributed by atoms with Crippen LogP contribution in [0.2, 0.25) is 0 Å². The van der Waals surface area contributed by atoms with E-state index in [9.17, 15) is 0 Å². The molecule has 2 nitrogen and oxygen atoms in total. The molecule has 0 spiro atoms. The lowest BCUT2D eigenvalue weighted by molar-refractivity contribution is 0.105. The molecule has 2 atom stereocenters. The number of ether oxygens (including phenoxy) is 1. The van der Waals surface area contributed by atoms with Crippen LogP contribution in [0, 0.1) is 3.57 Å². The molecule has 70 valence electrons. The summed E-state index contributed by atoms with van der Waals surface area (Å²) in [5, 5.41) is 0. The maximum absolute atomic E-state index is 5.93. The number of nitrogens with two attached hydrogens (primary N) is 1. The van der Waals surface area contributed by atoms with Crippen molar-refractivity contribution in [1.29, 1.82) is 0 Å². The topological polar surface area (TPSA) is 35.2 Å². The van der Waals surface area contributed by atoms with Crippen LogP contribution in [0.15, 0.2) is 24.3 Å². The Hall–Kier alpha value is -0.130. The van der Waals surface area contributed by atoms with E-state index < -0.39 is 0 Å². The smallest absolute Gasteiger partial charge is 0.0976 e. The van der Waals surface area contributed by atoms with E-state index in [0.717, 1.165) is 13.0 Å². The van der Waals surface area contributed by atoms with Crippen molar-refractivity contribution in [1.82, 2.24) is 0 Å². The van der Waals surface area contributed by atoms with Gasteiger partial charge in [-0.05, 0) is 46.7 Å². The standard InChI is InChI=1S/C10H12INO/c11-8-3-1-2-7(6-8)10-9(12)4-5-13-10/h1-3,6,9-10H,4-5,12H2. The Balaban J connectivity index is 2.24. The van der Waals surface area contributed by atoms with Crippen LogP contribution in [0.1, 0.15) is 18.1 Å². The quantitative estimate of drug-likeness (QED) is 0.803. The van der Waals surface area contributed by atoms with E-state index in [-0.39, 0.29) is 12.1 Å². The first-order valence-corrected chi connectivity index (χ1v) is 5.48. The Labute approximate surface area is 91.6 Å². The van der Waals surface area contributed by atoms with Crippen molar-refractivity contribution in [3.63, 3.8) is 0 Å². The predicted octanol–water partition coefficient (Wildman–Crippen LogP) is 2.08. The molecule has 0 radical (unpaired) electrons. The normalized spacial score (nSPS) is 27.8. The van der Waals surface area contributed by atoms with E-state index in [1.54, 1.807) is 0 Å². The summed E-state index contributed by atoms with van der Waals surface area (Å²) in [5.41, 5.74) is 7.14. The molecule has 0 amide bonds. The largest absolute Gasteiger partial charge is 0.372 e. The Bertz CT molecular complexity index is 303. The van der Waals surface area contributed by atoms with Crippen LogP contribution in [-0.2, 0) is 4.74 Å². The molecule has 13 heavy (non-hydrogen) atoms. The lowest BCUT2D eigenvalue weighted by Gasteiger charge is -2.14. The summed E-state index contributed by atoms with van der Waals surface area (Å²) in [6.45, 7) is 0.789. The zero-order valence-corrected chi connectivity index (χ0v) is 9.40. The van der Waals surface area contributed by atoms with Gasteiger partial charge in [0, 0.05) is 16.2 Å². The van der Waals surface area contributed by atoms with Crippen LogP contribution in [0.25, 0.3) is 0 Å². The molecule has 1 heterocycles. The number of halogens is 1. The van der Waals surface area contributed by atoms with E-state index in [2.05, 4.69) is 40.8 Å². The van der Waals surface area contributed by atoms with E-state index in [0.29, 0.717) is 0 Å². The van der Waals surface area contributed by atoms with Gasteiger partial charge in [0.25, 0.3) is 0 Å². The van der Waals surface area contributed by atoms with Crippen molar-refractivity contribution in [2.45, 2.75) is 18.6 Å². The van der Waals surface area contributed by atoms with Crippen molar-refractivity contribution < 1.29 is 4.74 Å². The lowest BCUT2D eigenvalue weighted by atomic mass is 10.0. The average Bonchev–Trinajstić information content (AvgIpc) is 2.51. The van der Waals surface area contributed by atoms with E-state index in [4.69, 9.17) is 10.5 Å². The minimum atomic E-state index is 0.106.